The Hall–Kier alpha value is -1.36. The van der Waals surface area contributed by atoms with Crippen molar-refractivity contribution in [2.24, 2.45) is 0 Å². The molecule has 0 spiro atoms. The summed E-state index contributed by atoms with van der Waals surface area (Å²) < 4.78 is 5.38. The molecule has 1 aromatic heterocycles. The Labute approximate surface area is 116 Å². The minimum absolute atomic E-state index is 0.411. The van der Waals surface area contributed by atoms with E-state index in [1.54, 1.807) is 0 Å². The van der Waals surface area contributed by atoms with E-state index in [9.17, 15) is 0 Å². The van der Waals surface area contributed by atoms with Gasteiger partial charge in [0.15, 0.2) is 5.82 Å². The van der Waals surface area contributed by atoms with E-state index in [-0.39, 0.29) is 0 Å². The molecule has 0 aromatic carbocycles. The van der Waals surface area contributed by atoms with Crippen LogP contribution in [0.5, 0.6) is 0 Å². The van der Waals surface area contributed by atoms with Crippen LogP contribution in [0.25, 0.3) is 0 Å². The first kappa shape index (κ1) is 15.7. The van der Waals surface area contributed by atoms with E-state index >= 15 is 0 Å². The first-order valence-corrected chi connectivity index (χ1v) is 7.15. The monoisotopic (exact) mass is 266 g/mol. The van der Waals surface area contributed by atoms with Gasteiger partial charge in [-0.15, -0.1) is 0 Å². The number of nitrogens with one attached hydrogen (secondary N) is 2. The van der Waals surface area contributed by atoms with Gasteiger partial charge in [0.25, 0.3) is 0 Å². The minimum Gasteiger partial charge on any atom is -0.374 e. The molecule has 1 rings (SSSR count). The van der Waals surface area contributed by atoms with Crippen LogP contribution in [0.4, 0.5) is 11.6 Å². The van der Waals surface area contributed by atoms with Crippen molar-refractivity contribution in [2.45, 2.75) is 53.2 Å². The summed E-state index contributed by atoms with van der Waals surface area (Å²) in [6.45, 7) is 10.3. The molecule has 0 aliphatic carbocycles. The highest BCUT2D eigenvalue weighted by atomic mass is 16.5. The van der Waals surface area contributed by atoms with E-state index in [1.807, 2.05) is 13.0 Å². The van der Waals surface area contributed by atoms with E-state index in [0.717, 1.165) is 31.0 Å². The maximum Gasteiger partial charge on any atom is 0.158 e. The van der Waals surface area contributed by atoms with Crippen molar-refractivity contribution in [1.29, 1.82) is 0 Å². The second-order valence-electron chi connectivity index (χ2n) is 4.56. The van der Waals surface area contributed by atoms with Gasteiger partial charge in [0, 0.05) is 25.3 Å². The largest absolute Gasteiger partial charge is 0.374 e. The topological polar surface area (TPSA) is 59.1 Å². The second-order valence-corrected chi connectivity index (χ2v) is 4.56. The van der Waals surface area contributed by atoms with Crippen LogP contribution in [0.15, 0.2) is 6.07 Å². The number of nitrogens with zero attached hydrogens (tertiary/aromatic N) is 2. The average molecular weight is 266 g/mol. The van der Waals surface area contributed by atoms with Gasteiger partial charge in [0.1, 0.15) is 18.2 Å². The van der Waals surface area contributed by atoms with Crippen molar-refractivity contribution in [3.63, 3.8) is 0 Å². The highest BCUT2D eigenvalue weighted by molar-refractivity contribution is 5.47. The van der Waals surface area contributed by atoms with Gasteiger partial charge in [0.05, 0.1) is 0 Å². The predicted molar refractivity (Wildman–Crippen MR) is 79.5 cm³/mol. The molecule has 0 amide bonds. The maximum atomic E-state index is 5.38. The predicted octanol–water partition coefficient (Wildman–Crippen LogP) is 3.05. The lowest BCUT2D eigenvalue weighted by atomic mass is 10.2. The molecule has 0 radical (unpaired) electrons. The lowest BCUT2D eigenvalue weighted by molar-refractivity contribution is 0.128. The van der Waals surface area contributed by atoms with Crippen LogP contribution in [-0.4, -0.2) is 29.2 Å². The molecule has 0 bridgehead atoms. The molecule has 0 aliphatic heterocycles. The molecule has 19 heavy (non-hydrogen) atoms. The van der Waals surface area contributed by atoms with Crippen molar-refractivity contribution in [2.75, 3.05) is 23.8 Å². The van der Waals surface area contributed by atoms with Gasteiger partial charge in [-0.3, -0.25) is 0 Å². The lowest BCUT2D eigenvalue weighted by Gasteiger charge is -2.15. The first-order chi connectivity index (χ1) is 9.19. The van der Waals surface area contributed by atoms with Crippen LogP contribution >= 0.6 is 0 Å². The molecule has 1 aromatic rings. The maximum absolute atomic E-state index is 5.38. The molecule has 5 nitrogen and oxygen atoms in total. The summed E-state index contributed by atoms with van der Waals surface area (Å²) >= 11 is 0. The molecule has 108 valence electrons. The van der Waals surface area contributed by atoms with E-state index < -0.39 is 0 Å². The summed E-state index contributed by atoms with van der Waals surface area (Å²) in [7, 11) is 0. The van der Waals surface area contributed by atoms with E-state index in [4.69, 9.17) is 4.74 Å². The van der Waals surface area contributed by atoms with Crippen molar-refractivity contribution in [1.82, 2.24) is 9.97 Å². The van der Waals surface area contributed by atoms with Crippen LogP contribution in [0.2, 0.25) is 0 Å². The number of ether oxygens (including phenoxy) is 1. The SMILES string of the molecule is CCCC(C)Nc1cc(NCC)nc(COCC)n1. The molecule has 0 saturated carbocycles. The smallest absolute Gasteiger partial charge is 0.158 e. The number of anilines is 2. The molecule has 1 heterocycles. The summed E-state index contributed by atoms with van der Waals surface area (Å²) in [5.74, 6) is 2.42. The van der Waals surface area contributed by atoms with Gasteiger partial charge in [-0.1, -0.05) is 13.3 Å². The summed E-state index contributed by atoms with van der Waals surface area (Å²) in [5, 5.41) is 6.64. The normalized spacial score (nSPS) is 12.2. The van der Waals surface area contributed by atoms with Crippen LogP contribution < -0.4 is 10.6 Å². The van der Waals surface area contributed by atoms with Gasteiger partial charge in [-0.2, -0.15) is 0 Å². The third-order valence-corrected chi connectivity index (χ3v) is 2.68. The molecule has 5 heteroatoms. The minimum atomic E-state index is 0.411. The van der Waals surface area contributed by atoms with Gasteiger partial charge in [0.2, 0.25) is 0 Å². The molecule has 0 fully saturated rings. The molecular formula is C14H26N4O. The van der Waals surface area contributed by atoms with Crippen molar-refractivity contribution < 1.29 is 4.74 Å². The first-order valence-electron chi connectivity index (χ1n) is 7.15. The Morgan fingerprint density at radius 1 is 1.21 bits per heavy atom. The van der Waals surface area contributed by atoms with Crippen molar-refractivity contribution in [3.8, 4) is 0 Å². The highest BCUT2D eigenvalue weighted by Crippen LogP contribution is 2.14. The van der Waals surface area contributed by atoms with Crippen LogP contribution in [0, 0.1) is 0 Å². The van der Waals surface area contributed by atoms with Crippen LogP contribution in [0.3, 0.4) is 0 Å². The fourth-order valence-electron chi connectivity index (χ4n) is 1.86. The van der Waals surface area contributed by atoms with Crippen molar-refractivity contribution >= 4 is 11.6 Å². The van der Waals surface area contributed by atoms with Crippen LogP contribution in [0.1, 0.15) is 46.4 Å². The number of hydrogen-bond donors (Lipinski definition) is 2. The molecule has 0 saturated heterocycles. The molecule has 2 N–H and O–H groups in total. The summed E-state index contributed by atoms with van der Waals surface area (Å²) in [5.41, 5.74) is 0. The molecular weight excluding hydrogens is 240 g/mol. The third kappa shape index (κ3) is 5.87. The van der Waals surface area contributed by atoms with E-state index in [1.165, 1.54) is 0 Å². The summed E-state index contributed by atoms with van der Waals surface area (Å²) in [6, 6.07) is 2.36. The molecule has 1 atom stereocenters. The highest BCUT2D eigenvalue weighted by Gasteiger charge is 2.07. The molecule has 1 unspecified atom stereocenters. The fraction of sp³-hybridized carbons (Fsp3) is 0.714. The average Bonchev–Trinajstić information content (AvgIpc) is 2.36. The van der Waals surface area contributed by atoms with Gasteiger partial charge in [-0.05, 0) is 27.2 Å². The van der Waals surface area contributed by atoms with Gasteiger partial charge >= 0.3 is 0 Å². The Morgan fingerprint density at radius 3 is 2.58 bits per heavy atom. The summed E-state index contributed by atoms with van der Waals surface area (Å²) in [6.07, 6.45) is 2.28. The summed E-state index contributed by atoms with van der Waals surface area (Å²) in [4.78, 5) is 8.91. The fourth-order valence-corrected chi connectivity index (χ4v) is 1.86. The Bertz CT molecular complexity index is 370. The standard InChI is InChI=1S/C14H26N4O/c1-5-8-11(4)16-13-9-12(15-6-2)17-14(18-13)10-19-7-3/h9,11H,5-8,10H2,1-4H3,(H2,15,16,17,18). The Balaban J connectivity index is 2.79. The second kappa shape index (κ2) is 8.69. The van der Waals surface area contributed by atoms with E-state index in [0.29, 0.717) is 25.1 Å². The van der Waals surface area contributed by atoms with Gasteiger partial charge < -0.3 is 15.4 Å². The van der Waals surface area contributed by atoms with Crippen molar-refractivity contribution in [3.05, 3.63) is 11.9 Å². The zero-order chi connectivity index (χ0) is 14.1. The van der Waals surface area contributed by atoms with Crippen LogP contribution in [-0.2, 0) is 11.3 Å². The number of rotatable bonds is 9. The zero-order valence-electron chi connectivity index (χ0n) is 12.5. The zero-order valence-corrected chi connectivity index (χ0v) is 12.5. The molecule has 0 aliphatic rings. The van der Waals surface area contributed by atoms with Gasteiger partial charge in [-0.25, -0.2) is 9.97 Å². The Kier molecular flexibility index (Phi) is 7.18. The lowest BCUT2D eigenvalue weighted by Crippen LogP contribution is -2.17. The third-order valence-electron chi connectivity index (χ3n) is 2.68. The van der Waals surface area contributed by atoms with E-state index in [2.05, 4.69) is 41.4 Å². The quantitative estimate of drug-likeness (QED) is 0.719. The number of aromatic nitrogens is 2. The number of hydrogen-bond acceptors (Lipinski definition) is 5. The Morgan fingerprint density at radius 2 is 1.95 bits per heavy atom.